The van der Waals surface area contributed by atoms with Crippen LogP contribution in [0, 0.1) is 13.8 Å². The monoisotopic (exact) mass is 389 g/mol. The summed E-state index contributed by atoms with van der Waals surface area (Å²) < 4.78 is 5.77. The smallest absolute Gasteiger partial charge is 0.291 e. The van der Waals surface area contributed by atoms with Crippen molar-refractivity contribution in [3.05, 3.63) is 17.1 Å². The van der Waals surface area contributed by atoms with Crippen molar-refractivity contribution in [2.45, 2.75) is 71.1 Å². The van der Waals surface area contributed by atoms with E-state index in [1.165, 1.54) is 17.7 Å². The first kappa shape index (κ1) is 21.0. The molecule has 0 unspecified atom stereocenters. The van der Waals surface area contributed by atoms with E-state index in [-0.39, 0.29) is 11.7 Å². The Kier molecular flexibility index (Phi) is 6.88. The molecule has 1 amide bonds. The molecule has 0 spiro atoms. The van der Waals surface area contributed by atoms with Crippen LogP contribution in [0.25, 0.3) is 0 Å². The second kappa shape index (κ2) is 9.18. The zero-order valence-electron chi connectivity index (χ0n) is 18.0. The third kappa shape index (κ3) is 4.81. The second-order valence-electron chi connectivity index (χ2n) is 8.31. The van der Waals surface area contributed by atoms with Crippen LogP contribution < -0.4 is 10.2 Å². The Balaban J connectivity index is 1.61. The third-order valence-electron chi connectivity index (χ3n) is 6.00. The van der Waals surface area contributed by atoms with Crippen LogP contribution in [-0.2, 0) is 4.74 Å². The van der Waals surface area contributed by atoms with Gasteiger partial charge in [-0.25, -0.2) is 9.97 Å². The molecule has 1 aliphatic heterocycles. The van der Waals surface area contributed by atoms with Crippen molar-refractivity contribution in [2.75, 3.05) is 38.7 Å². The number of ether oxygens (including phenoxy) is 1. The molecular weight excluding hydrogens is 354 g/mol. The summed E-state index contributed by atoms with van der Waals surface area (Å²) >= 11 is 0. The van der Waals surface area contributed by atoms with Gasteiger partial charge in [0.05, 0.1) is 6.10 Å². The lowest BCUT2D eigenvalue weighted by Gasteiger charge is -2.31. The number of carbonyl (C=O) groups is 1. The number of nitrogens with zero attached hydrogens (tertiary/aromatic N) is 4. The highest BCUT2D eigenvalue weighted by molar-refractivity contribution is 5.90. The summed E-state index contributed by atoms with van der Waals surface area (Å²) in [6.07, 6.45) is 6.24. The van der Waals surface area contributed by atoms with Crippen molar-refractivity contribution in [3.8, 4) is 0 Å². The molecule has 0 aromatic carbocycles. The van der Waals surface area contributed by atoms with Crippen LogP contribution in [-0.4, -0.2) is 72.8 Å². The van der Waals surface area contributed by atoms with Gasteiger partial charge >= 0.3 is 0 Å². The maximum absolute atomic E-state index is 12.3. The Hall–Kier alpha value is -1.73. The average molecular weight is 390 g/mol. The minimum absolute atomic E-state index is 0.149. The topological polar surface area (TPSA) is 70.6 Å². The van der Waals surface area contributed by atoms with E-state index >= 15 is 0 Å². The standard InChI is InChI=1S/C21H35N5O2/c1-6-28-18-9-7-16(8-10-18)23-17-11-12-26(13-17)20-14(2)15(3)22-19(24-20)21(27)25(4)5/h16-18,23H,6-13H2,1-5H3/t16?,17-,18?/m1/s1. The predicted molar refractivity (Wildman–Crippen MR) is 111 cm³/mol. The van der Waals surface area contributed by atoms with E-state index < -0.39 is 0 Å². The quantitative estimate of drug-likeness (QED) is 0.805. The Bertz CT molecular complexity index is 686. The molecule has 156 valence electrons. The van der Waals surface area contributed by atoms with Gasteiger partial charge in [0.15, 0.2) is 0 Å². The molecule has 28 heavy (non-hydrogen) atoms. The van der Waals surface area contributed by atoms with Crippen molar-refractivity contribution in [1.29, 1.82) is 0 Å². The number of anilines is 1. The number of hydrogen-bond donors (Lipinski definition) is 1. The van der Waals surface area contributed by atoms with Gasteiger partial charge in [-0.3, -0.25) is 4.79 Å². The van der Waals surface area contributed by atoms with E-state index in [1.807, 2.05) is 13.8 Å². The zero-order chi connectivity index (χ0) is 20.3. The van der Waals surface area contributed by atoms with Crippen molar-refractivity contribution in [3.63, 3.8) is 0 Å². The van der Waals surface area contributed by atoms with E-state index in [0.717, 1.165) is 56.0 Å². The summed E-state index contributed by atoms with van der Waals surface area (Å²) in [5.41, 5.74) is 1.94. The van der Waals surface area contributed by atoms with Crippen LogP contribution in [0.4, 0.5) is 5.82 Å². The largest absolute Gasteiger partial charge is 0.379 e. The van der Waals surface area contributed by atoms with Crippen LogP contribution in [0.1, 0.15) is 60.9 Å². The minimum Gasteiger partial charge on any atom is -0.379 e. The number of hydrogen-bond acceptors (Lipinski definition) is 6. The molecule has 1 N–H and O–H groups in total. The van der Waals surface area contributed by atoms with Gasteiger partial charge in [0.25, 0.3) is 5.91 Å². The number of amides is 1. The van der Waals surface area contributed by atoms with Gasteiger partial charge in [0.2, 0.25) is 5.82 Å². The summed E-state index contributed by atoms with van der Waals surface area (Å²) in [4.78, 5) is 25.2. The van der Waals surface area contributed by atoms with E-state index in [9.17, 15) is 4.79 Å². The molecule has 1 aromatic rings. The van der Waals surface area contributed by atoms with Crippen molar-refractivity contribution < 1.29 is 9.53 Å². The van der Waals surface area contributed by atoms with E-state index in [2.05, 4.69) is 27.1 Å². The van der Waals surface area contributed by atoms with E-state index in [0.29, 0.717) is 18.2 Å². The van der Waals surface area contributed by atoms with Gasteiger partial charge in [-0.05, 0) is 52.9 Å². The van der Waals surface area contributed by atoms with Crippen molar-refractivity contribution >= 4 is 11.7 Å². The van der Waals surface area contributed by atoms with Crippen LogP contribution in [0.5, 0.6) is 0 Å². The fourth-order valence-electron chi connectivity index (χ4n) is 4.27. The molecule has 2 aliphatic rings. The molecule has 1 saturated carbocycles. The van der Waals surface area contributed by atoms with E-state index in [1.54, 1.807) is 14.1 Å². The summed E-state index contributed by atoms with van der Waals surface area (Å²) in [7, 11) is 3.47. The summed E-state index contributed by atoms with van der Waals surface area (Å²) in [5, 5.41) is 3.85. The Labute approximate surface area is 168 Å². The lowest BCUT2D eigenvalue weighted by Crippen LogP contribution is -2.43. The highest BCUT2D eigenvalue weighted by Gasteiger charge is 2.29. The predicted octanol–water partition coefficient (Wildman–Crippen LogP) is 2.31. The third-order valence-corrected chi connectivity index (χ3v) is 6.00. The molecule has 3 rings (SSSR count). The Morgan fingerprint density at radius 3 is 2.50 bits per heavy atom. The highest BCUT2D eigenvalue weighted by atomic mass is 16.5. The first-order valence-corrected chi connectivity index (χ1v) is 10.6. The Morgan fingerprint density at radius 2 is 1.86 bits per heavy atom. The molecule has 2 fully saturated rings. The molecule has 0 radical (unpaired) electrons. The fraction of sp³-hybridized carbons (Fsp3) is 0.762. The molecule has 1 aromatic heterocycles. The van der Waals surface area contributed by atoms with Gasteiger partial charge in [-0.1, -0.05) is 0 Å². The first-order chi connectivity index (χ1) is 13.4. The second-order valence-corrected chi connectivity index (χ2v) is 8.31. The number of carbonyl (C=O) groups excluding carboxylic acids is 1. The fourth-order valence-corrected chi connectivity index (χ4v) is 4.27. The molecule has 1 saturated heterocycles. The Morgan fingerprint density at radius 1 is 1.14 bits per heavy atom. The van der Waals surface area contributed by atoms with Crippen molar-refractivity contribution in [1.82, 2.24) is 20.2 Å². The maximum atomic E-state index is 12.3. The summed E-state index contributed by atoms with van der Waals surface area (Å²) in [6, 6.07) is 1.05. The van der Waals surface area contributed by atoms with Crippen LogP contribution >= 0.6 is 0 Å². The number of aromatic nitrogens is 2. The molecule has 0 bridgehead atoms. The van der Waals surface area contributed by atoms with Gasteiger partial charge in [0.1, 0.15) is 5.82 Å². The molecule has 1 atom stereocenters. The summed E-state index contributed by atoms with van der Waals surface area (Å²) in [5.74, 6) is 1.04. The molecule has 2 heterocycles. The summed E-state index contributed by atoms with van der Waals surface area (Å²) in [6.45, 7) is 8.78. The minimum atomic E-state index is -0.149. The van der Waals surface area contributed by atoms with Crippen LogP contribution in [0.15, 0.2) is 0 Å². The van der Waals surface area contributed by atoms with E-state index in [4.69, 9.17) is 4.74 Å². The normalized spacial score (nSPS) is 25.2. The number of aryl methyl sites for hydroxylation is 1. The van der Waals surface area contributed by atoms with Gasteiger partial charge in [-0.2, -0.15) is 0 Å². The molecule has 7 nitrogen and oxygen atoms in total. The first-order valence-electron chi connectivity index (χ1n) is 10.6. The van der Waals surface area contributed by atoms with Gasteiger partial charge < -0.3 is 19.9 Å². The number of nitrogens with one attached hydrogen (secondary N) is 1. The van der Waals surface area contributed by atoms with Crippen LogP contribution in [0.2, 0.25) is 0 Å². The number of rotatable bonds is 6. The van der Waals surface area contributed by atoms with Gasteiger partial charge in [-0.15, -0.1) is 0 Å². The zero-order valence-corrected chi connectivity index (χ0v) is 18.0. The highest BCUT2D eigenvalue weighted by Crippen LogP contribution is 2.26. The maximum Gasteiger partial charge on any atom is 0.291 e. The molecular formula is C21H35N5O2. The average Bonchev–Trinajstić information content (AvgIpc) is 3.13. The lowest BCUT2D eigenvalue weighted by molar-refractivity contribution is 0.0296. The SMILES string of the molecule is CCOC1CCC(N[C@@H]2CCN(c3nc(C(=O)N(C)C)nc(C)c3C)C2)CC1. The van der Waals surface area contributed by atoms with Crippen molar-refractivity contribution in [2.24, 2.45) is 0 Å². The molecule has 7 heteroatoms. The van der Waals surface area contributed by atoms with Crippen LogP contribution in [0.3, 0.4) is 0 Å². The van der Waals surface area contributed by atoms with Gasteiger partial charge in [0, 0.05) is 57.1 Å². The molecule has 1 aliphatic carbocycles. The lowest BCUT2D eigenvalue weighted by atomic mass is 9.92.